The fourth-order valence-electron chi connectivity index (χ4n) is 2.61. The Kier molecular flexibility index (Phi) is 5.43. The van der Waals surface area contributed by atoms with Gasteiger partial charge in [0.2, 0.25) is 9.84 Å². The third-order valence-electron chi connectivity index (χ3n) is 3.79. The van der Waals surface area contributed by atoms with Gasteiger partial charge < -0.3 is 4.90 Å². The fourth-order valence-corrected chi connectivity index (χ4v) is 3.65. The van der Waals surface area contributed by atoms with Crippen LogP contribution in [-0.2, 0) is 9.84 Å². The van der Waals surface area contributed by atoms with E-state index in [0.29, 0.717) is 5.88 Å². The Hall–Kier alpha value is -0.880. The zero-order valence-electron chi connectivity index (χ0n) is 11.5. The molecule has 1 saturated heterocycles. The zero-order chi connectivity index (χ0) is 15.5. The van der Waals surface area contributed by atoms with Gasteiger partial charge in [0, 0.05) is 24.2 Å². The normalized spacial score (nSPS) is 20.6. The number of hydrogen-bond acceptors (Lipinski definition) is 3. The summed E-state index contributed by atoms with van der Waals surface area (Å²) in [7, 11) is -4.53. The van der Waals surface area contributed by atoms with Crippen LogP contribution in [0.2, 0.25) is 0 Å². The van der Waals surface area contributed by atoms with E-state index in [-0.39, 0.29) is 10.9 Å². The Morgan fingerprint density at radius 1 is 1.19 bits per heavy atom. The number of sulfone groups is 1. The van der Waals surface area contributed by atoms with E-state index in [9.17, 15) is 17.2 Å². The molecular formula is C14H18ClF2NO2S. The largest absolute Gasteiger partial charge is 0.367 e. The molecule has 0 aliphatic carbocycles. The van der Waals surface area contributed by atoms with Crippen LogP contribution in [0.25, 0.3) is 0 Å². The number of anilines is 1. The zero-order valence-corrected chi connectivity index (χ0v) is 13.1. The maximum Gasteiger partial charge on any atom is 0.341 e. The summed E-state index contributed by atoms with van der Waals surface area (Å²) in [6, 6.07) is 5.85. The Bertz CT molecular complexity index is 563. The first-order valence-corrected chi connectivity index (χ1v) is 8.99. The van der Waals surface area contributed by atoms with E-state index in [1.807, 2.05) is 0 Å². The van der Waals surface area contributed by atoms with E-state index in [2.05, 4.69) is 4.90 Å². The second-order valence-corrected chi connectivity index (χ2v) is 7.38. The molecule has 1 heterocycles. The summed E-state index contributed by atoms with van der Waals surface area (Å²) in [5.74, 6) is -2.89. The molecule has 0 N–H and O–H groups in total. The van der Waals surface area contributed by atoms with Gasteiger partial charge >= 0.3 is 5.76 Å². The van der Waals surface area contributed by atoms with Gasteiger partial charge in [0.25, 0.3) is 0 Å². The molecule has 0 amide bonds. The molecule has 0 spiro atoms. The molecule has 7 heteroatoms. The Labute approximate surface area is 128 Å². The third-order valence-corrected chi connectivity index (χ3v) is 5.54. The lowest BCUT2D eigenvalue weighted by Crippen LogP contribution is -2.36. The van der Waals surface area contributed by atoms with Crippen LogP contribution in [0.5, 0.6) is 0 Å². The van der Waals surface area contributed by atoms with Crippen molar-refractivity contribution in [3.8, 4) is 0 Å². The molecule has 0 aromatic heterocycles. The topological polar surface area (TPSA) is 37.4 Å². The summed E-state index contributed by atoms with van der Waals surface area (Å²) in [4.78, 5) is 1.79. The summed E-state index contributed by atoms with van der Waals surface area (Å²) in [5, 5.41) is 0. The van der Waals surface area contributed by atoms with E-state index >= 15 is 0 Å². The third kappa shape index (κ3) is 3.66. The van der Waals surface area contributed by atoms with Gasteiger partial charge in [-0.15, -0.1) is 11.6 Å². The van der Waals surface area contributed by atoms with E-state index < -0.39 is 15.6 Å². The molecule has 118 valence electrons. The summed E-state index contributed by atoms with van der Waals surface area (Å²) >= 11 is 6.01. The highest BCUT2D eigenvalue weighted by molar-refractivity contribution is 7.91. The van der Waals surface area contributed by atoms with Crippen molar-refractivity contribution in [3.63, 3.8) is 0 Å². The average Bonchev–Trinajstić information content (AvgIpc) is 2.72. The van der Waals surface area contributed by atoms with Gasteiger partial charge in [0.05, 0.1) is 4.90 Å². The first kappa shape index (κ1) is 16.5. The lowest BCUT2D eigenvalue weighted by Gasteiger charge is -2.30. The minimum Gasteiger partial charge on any atom is -0.367 e. The van der Waals surface area contributed by atoms with Gasteiger partial charge in [0.1, 0.15) is 0 Å². The lowest BCUT2D eigenvalue weighted by atomic mass is 10.1. The molecule has 1 aliphatic heterocycles. The number of benzene rings is 1. The Morgan fingerprint density at radius 2 is 1.86 bits per heavy atom. The molecule has 2 rings (SSSR count). The van der Waals surface area contributed by atoms with Gasteiger partial charge in [-0.2, -0.15) is 8.78 Å². The van der Waals surface area contributed by atoms with Gasteiger partial charge in [0.15, 0.2) is 0 Å². The fraction of sp³-hybridized carbons (Fsp3) is 0.571. The van der Waals surface area contributed by atoms with Crippen LogP contribution in [0.15, 0.2) is 29.2 Å². The van der Waals surface area contributed by atoms with E-state index in [4.69, 9.17) is 11.6 Å². The minimum absolute atomic E-state index is 0.201. The smallest absolute Gasteiger partial charge is 0.341 e. The van der Waals surface area contributed by atoms with E-state index in [1.54, 1.807) is 12.1 Å². The van der Waals surface area contributed by atoms with E-state index in [0.717, 1.165) is 37.9 Å². The second kappa shape index (κ2) is 6.92. The summed E-state index contributed by atoms with van der Waals surface area (Å²) < 4.78 is 47.8. The molecule has 21 heavy (non-hydrogen) atoms. The molecule has 1 fully saturated rings. The van der Waals surface area contributed by atoms with Crippen molar-refractivity contribution in [3.05, 3.63) is 24.3 Å². The van der Waals surface area contributed by atoms with Crippen LogP contribution in [0.1, 0.15) is 25.7 Å². The van der Waals surface area contributed by atoms with Gasteiger partial charge in [-0.05, 0) is 37.1 Å². The van der Waals surface area contributed by atoms with Crippen molar-refractivity contribution in [1.29, 1.82) is 0 Å². The number of nitrogens with zero attached hydrogens (tertiary/aromatic N) is 1. The van der Waals surface area contributed by atoms with Crippen LogP contribution < -0.4 is 4.90 Å². The summed E-state index contributed by atoms with van der Waals surface area (Å²) in [6.07, 6.45) is 4.29. The minimum atomic E-state index is -4.53. The SMILES string of the molecule is O=S(=O)(c1ccc(N2CCCCCC2CCl)cc1)C(F)F. The van der Waals surface area contributed by atoms with Crippen molar-refractivity contribution in [2.45, 2.75) is 42.4 Å². The predicted molar refractivity (Wildman–Crippen MR) is 80.0 cm³/mol. The van der Waals surface area contributed by atoms with Crippen LogP contribution in [0, 0.1) is 0 Å². The molecule has 1 aliphatic rings. The Morgan fingerprint density at radius 3 is 2.43 bits per heavy atom. The highest BCUT2D eigenvalue weighted by Gasteiger charge is 2.27. The van der Waals surface area contributed by atoms with Crippen molar-refractivity contribution in [2.75, 3.05) is 17.3 Å². The molecule has 0 saturated carbocycles. The van der Waals surface area contributed by atoms with Crippen LogP contribution >= 0.6 is 11.6 Å². The molecule has 0 radical (unpaired) electrons. The quantitative estimate of drug-likeness (QED) is 0.787. The molecular weight excluding hydrogens is 320 g/mol. The molecule has 1 aromatic carbocycles. The first-order valence-electron chi connectivity index (χ1n) is 6.91. The van der Waals surface area contributed by atoms with Crippen molar-refractivity contribution >= 4 is 27.1 Å². The van der Waals surface area contributed by atoms with Crippen LogP contribution in [-0.4, -0.2) is 32.6 Å². The second-order valence-electron chi connectivity index (χ2n) is 5.15. The maximum absolute atomic E-state index is 12.5. The van der Waals surface area contributed by atoms with Crippen molar-refractivity contribution in [2.24, 2.45) is 0 Å². The van der Waals surface area contributed by atoms with Crippen LogP contribution in [0.4, 0.5) is 14.5 Å². The van der Waals surface area contributed by atoms with E-state index in [1.165, 1.54) is 12.1 Å². The predicted octanol–water partition coefficient (Wildman–Crippen LogP) is 3.67. The highest BCUT2D eigenvalue weighted by atomic mass is 35.5. The summed E-state index contributed by atoms with van der Waals surface area (Å²) in [6.45, 7) is 0.846. The Balaban J connectivity index is 2.25. The number of hydrogen-bond donors (Lipinski definition) is 0. The number of alkyl halides is 3. The van der Waals surface area contributed by atoms with Crippen molar-refractivity contribution < 1.29 is 17.2 Å². The average molecular weight is 338 g/mol. The first-order chi connectivity index (χ1) is 9.96. The van der Waals surface area contributed by atoms with Gasteiger partial charge in [-0.3, -0.25) is 0 Å². The summed E-state index contributed by atoms with van der Waals surface area (Å²) in [5.41, 5.74) is 0.829. The molecule has 1 unspecified atom stereocenters. The number of halogens is 3. The van der Waals surface area contributed by atoms with Crippen molar-refractivity contribution in [1.82, 2.24) is 0 Å². The molecule has 1 atom stereocenters. The standard InChI is InChI=1S/C14H18ClF2NO2S/c15-10-12-4-2-1-3-9-18(12)11-5-7-13(8-6-11)21(19,20)14(16)17/h5-8,12,14H,1-4,9-10H2. The van der Waals surface area contributed by atoms with Gasteiger partial charge in [-0.25, -0.2) is 8.42 Å². The molecule has 0 bridgehead atoms. The molecule has 1 aromatic rings. The lowest BCUT2D eigenvalue weighted by molar-refractivity contribution is 0.234. The van der Waals surface area contributed by atoms with Crippen LogP contribution in [0.3, 0.4) is 0 Å². The highest BCUT2D eigenvalue weighted by Crippen LogP contribution is 2.27. The monoisotopic (exact) mass is 337 g/mol. The molecule has 3 nitrogen and oxygen atoms in total. The number of rotatable bonds is 4. The van der Waals surface area contributed by atoms with Gasteiger partial charge in [-0.1, -0.05) is 12.8 Å². The maximum atomic E-state index is 12.5.